The summed E-state index contributed by atoms with van der Waals surface area (Å²) in [5, 5.41) is 0. The van der Waals surface area contributed by atoms with Gasteiger partial charge >= 0.3 is 0 Å². The Morgan fingerprint density at radius 1 is 1.56 bits per heavy atom. The maximum absolute atomic E-state index is 12.3. The highest BCUT2D eigenvalue weighted by atomic mass is 16.1. The molecule has 0 aliphatic carbocycles. The van der Waals surface area contributed by atoms with Gasteiger partial charge in [-0.1, -0.05) is 0 Å². The van der Waals surface area contributed by atoms with Crippen LogP contribution in [0.4, 0.5) is 0 Å². The van der Waals surface area contributed by atoms with Crippen molar-refractivity contribution in [3.63, 3.8) is 0 Å². The Morgan fingerprint density at radius 3 is 3.00 bits per heavy atom. The predicted octanol–water partition coefficient (Wildman–Crippen LogP) is 0.950. The summed E-state index contributed by atoms with van der Waals surface area (Å²) < 4.78 is 1.86. The molecule has 0 amide bonds. The first kappa shape index (κ1) is 11.3. The van der Waals surface area contributed by atoms with Crippen LogP contribution in [0, 0.1) is 6.92 Å². The number of rotatable bonds is 2. The predicted molar refractivity (Wildman–Crippen MR) is 63.6 cm³/mol. The normalized spacial score (nSPS) is 19.6. The zero-order chi connectivity index (χ0) is 11.7. The molecule has 16 heavy (non-hydrogen) atoms. The topological polar surface area (TPSA) is 60.9 Å². The van der Waals surface area contributed by atoms with Crippen LogP contribution in [0.1, 0.15) is 42.9 Å². The number of fused-ring (bicyclic) bond motifs is 1. The van der Waals surface area contributed by atoms with E-state index in [9.17, 15) is 4.79 Å². The smallest absolute Gasteiger partial charge is 0.257 e. The van der Waals surface area contributed by atoms with Gasteiger partial charge in [0, 0.05) is 23.7 Å². The second-order valence-electron chi connectivity index (χ2n) is 4.55. The highest BCUT2D eigenvalue weighted by Crippen LogP contribution is 2.21. The van der Waals surface area contributed by atoms with Gasteiger partial charge in [-0.2, -0.15) is 0 Å². The van der Waals surface area contributed by atoms with E-state index in [0.717, 1.165) is 36.3 Å². The first-order valence-electron chi connectivity index (χ1n) is 5.96. The Bertz CT molecular complexity index is 450. The number of hydrogen-bond donors (Lipinski definition) is 1. The Kier molecular flexibility index (Phi) is 3.10. The second kappa shape index (κ2) is 4.37. The largest absolute Gasteiger partial charge is 0.330 e. The van der Waals surface area contributed by atoms with E-state index in [-0.39, 0.29) is 11.6 Å². The lowest BCUT2D eigenvalue weighted by atomic mass is 10.0. The molecule has 0 fully saturated rings. The van der Waals surface area contributed by atoms with E-state index < -0.39 is 0 Å². The lowest BCUT2D eigenvalue weighted by Gasteiger charge is -2.25. The summed E-state index contributed by atoms with van der Waals surface area (Å²) in [6.07, 6.45) is 3.75. The summed E-state index contributed by atoms with van der Waals surface area (Å²) in [6.45, 7) is 4.51. The molecule has 0 aromatic carbocycles. The standard InChI is InChI=1S/C12H19N3O/c1-8-4-3-5-11-14-9(2)10(6-7-13)12(16)15(8)11/h8H,3-7,13H2,1-2H3. The molecule has 2 rings (SSSR count). The number of nitrogens with two attached hydrogens (primary N) is 1. The number of hydrogen-bond acceptors (Lipinski definition) is 3. The lowest BCUT2D eigenvalue weighted by molar-refractivity contribution is 0.401. The Morgan fingerprint density at radius 2 is 2.31 bits per heavy atom. The van der Waals surface area contributed by atoms with Crippen LogP contribution >= 0.6 is 0 Å². The SMILES string of the molecule is Cc1nc2n(c(=O)c1CCN)C(C)CCC2. The number of aryl methyl sites for hydroxylation is 2. The number of aromatic nitrogens is 2. The van der Waals surface area contributed by atoms with E-state index in [1.165, 1.54) is 0 Å². The molecule has 1 aliphatic heterocycles. The van der Waals surface area contributed by atoms with Crippen molar-refractivity contribution in [1.82, 2.24) is 9.55 Å². The summed E-state index contributed by atoms with van der Waals surface area (Å²) in [6, 6.07) is 0.279. The van der Waals surface area contributed by atoms with Crippen molar-refractivity contribution in [3.05, 3.63) is 27.4 Å². The van der Waals surface area contributed by atoms with E-state index in [4.69, 9.17) is 5.73 Å². The first-order valence-corrected chi connectivity index (χ1v) is 5.96. The van der Waals surface area contributed by atoms with Crippen molar-refractivity contribution in [2.24, 2.45) is 5.73 Å². The van der Waals surface area contributed by atoms with Gasteiger partial charge in [-0.25, -0.2) is 4.98 Å². The molecule has 88 valence electrons. The van der Waals surface area contributed by atoms with Gasteiger partial charge in [-0.05, 0) is 39.7 Å². The third kappa shape index (κ3) is 1.78. The summed E-state index contributed by atoms with van der Waals surface area (Å²) in [4.78, 5) is 16.9. The molecular formula is C12H19N3O. The first-order chi connectivity index (χ1) is 7.65. The zero-order valence-corrected chi connectivity index (χ0v) is 9.99. The van der Waals surface area contributed by atoms with Crippen molar-refractivity contribution in [3.8, 4) is 0 Å². The van der Waals surface area contributed by atoms with E-state index in [1.807, 2.05) is 11.5 Å². The van der Waals surface area contributed by atoms with Gasteiger partial charge in [-0.3, -0.25) is 9.36 Å². The molecule has 0 spiro atoms. The summed E-state index contributed by atoms with van der Waals surface area (Å²) in [5.74, 6) is 0.946. The highest BCUT2D eigenvalue weighted by Gasteiger charge is 2.21. The molecule has 2 heterocycles. The minimum absolute atomic E-state index is 0.125. The van der Waals surface area contributed by atoms with Crippen LogP contribution in [0.15, 0.2) is 4.79 Å². The monoisotopic (exact) mass is 221 g/mol. The Hall–Kier alpha value is -1.16. The van der Waals surface area contributed by atoms with Gasteiger partial charge in [0.2, 0.25) is 0 Å². The Balaban J connectivity index is 2.59. The molecule has 1 aromatic heterocycles. The molecule has 1 unspecified atom stereocenters. The molecule has 4 nitrogen and oxygen atoms in total. The molecule has 1 atom stereocenters. The van der Waals surface area contributed by atoms with Gasteiger partial charge in [0.1, 0.15) is 5.82 Å². The maximum atomic E-state index is 12.3. The summed E-state index contributed by atoms with van der Waals surface area (Å²) in [7, 11) is 0. The molecule has 4 heteroatoms. The molecule has 2 N–H and O–H groups in total. The van der Waals surface area contributed by atoms with Crippen molar-refractivity contribution in [2.45, 2.75) is 45.6 Å². The molecule has 1 aliphatic rings. The summed E-state index contributed by atoms with van der Waals surface area (Å²) in [5.41, 5.74) is 7.31. The second-order valence-corrected chi connectivity index (χ2v) is 4.55. The average Bonchev–Trinajstić information content (AvgIpc) is 2.24. The van der Waals surface area contributed by atoms with Gasteiger partial charge in [0.05, 0.1) is 0 Å². The van der Waals surface area contributed by atoms with Crippen LogP contribution < -0.4 is 11.3 Å². The minimum Gasteiger partial charge on any atom is -0.330 e. The Labute approximate surface area is 95.5 Å². The molecular weight excluding hydrogens is 202 g/mol. The quantitative estimate of drug-likeness (QED) is 0.808. The minimum atomic E-state index is 0.125. The summed E-state index contributed by atoms with van der Waals surface area (Å²) >= 11 is 0. The van der Waals surface area contributed by atoms with E-state index in [2.05, 4.69) is 11.9 Å². The van der Waals surface area contributed by atoms with Crippen LogP contribution in [-0.4, -0.2) is 16.1 Å². The van der Waals surface area contributed by atoms with Gasteiger partial charge in [0.15, 0.2) is 0 Å². The molecule has 0 saturated carbocycles. The lowest BCUT2D eigenvalue weighted by Crippen LogP contribution is -2.34. The van der Waals surface area contributed by atoms with Gasteiger partial charge in [0.25, 0.3) is 5.56 Å². The molecule has 0 saturated heterocycles. The fourth-order valence-electron chi connectivity index (χ4n) is 2.48. The van der Waals surface area contributed by atoms with Crippen LogP contribution in [0.5, 0.6) is 0 Å². The molecule has 0 radical (unpaired) electrons. The van der Waals surface area contributed by atoms with Gasteiger partial charge < -0.3 is 5.73 Å². The van der Waals surface area contributed by atoms with Gasteiger partial charge in [-0.15, -0.1) is 0 Å². The van der Waals surface area contributed by atoms with Crippen LogP contribution in [0.3, 0.4) is 0 Å². The molecule has 0 bridgehead atoms. The van der Waals surface area contributed by atoms with Crippen molar-refractivity contribution in [2.75, 3.05) is 6.54 Å². The fourth-order valence-corrected chi connectivity index (χ4v) is 2.48. The van der Waals surface area contributed by atoms with Crippen LogP contribution in [-0.2, 0) is 12.8 Å². The maximum Gasteiger partial charge on any atom is 0.257 e. The van der Waals surface area contributed by atoms with E-state index in [1.54, 1.807) is 0 Å². The third-order valence-corrected chi connectivity index (χ3v) is 3.35. The third-order valence-electron chi connectivity index (χ3n) is 3.35. The van der Waals surface area contributed by atoms with E-state index in [0.29, 0.717) is 13.0 Å². The number of nitrogens with zero attached hydrogens (tertiary/aromatic N) is 2. The fraction of sp³-hybridized carbons (Fsp3) is 0.667. The molecule has 1 aromatic rings. The average molecular weight is 221 g/mol. The van der Waals surface area contributed by atoms with Crippen LogP contribution in [0.25, 0.3) is 0 Å². The van der Waals surface area contributed by atoms with Crippen molar-refractivity contribution in [1.29, 1.82) is 0 Å². The van der Waals surface area contributed by atoms with Crippen molar-refractivity contribution >= 4 is 0 Å². The van der Waals surface area contributed by atoms with E-state index >= 15 is 0 Å². The van der Waals surface area contributed by atoms with Crippen molar-refractivity contribution < 1.29 is 0 Å². The zero-order valence-electron chi connectivity index (χ0n) is 9.99. The highest BCUT2D eigenvalue weighted by molar-refractivity contribution is 5.19. The van der Waals surface area contributed by atoms with Crippen LogP contribution in [0.2, 0.25) is 0 Å².